The summed E-state index contributed by atoms with van der Waals surface area (Å²) in [5.41, 5.74) is 5.73. The van der Waals surface area contributed by atoms with E-state index in [2.05, 4.69) is 26.6 Å². The molecule has 0 saturated carbocycles. The summed E-state index contributed by atoms with van der Waals surface area (Å²) in [6.45, 7) is 6.31. The Morgan fingerprint density at radius 1 is 1.44 bits per heavy atom. The van der Waals surface area contributed by atoms with Crippen molar-refractivity contribution in [1.29, 1.82) is 0 Å². The quantitative estimate of drug-likeness (QED) is 0.743. The summed E-state index contributed by atoms with van der Waals surface area (Å²) in [5.74, 6) is 1.10. The van der Waals surface area contributed by atoms with Crippen molar-refractivity contribution in [2.45, 2.75) is 45.3 Å². The largest absolute Gasteiger partial charge is 0.328 e. The first-order valence-electron chi connectivity index (χ1n) is 6.10. The highest BCUT2D eigenvalue weighted by atomic mass is 15.3. The zero-order chi connectivity index (χ0) is 11.4. The van der Waals surface area contributed by atoms with Crippen LogP contribution in [0.1, 0.15) is 32.0 Å². The van der Waals surface area contributed by atoms with Crippen molar-refractivity contribution in [1.82, 2.24) is 19.7 Å². The lowest BCUT2D eigenvalue weighted by Gasteiger charge is -2.26. The van der Waals surface area contributed by atoms with Gasteiger partial charge in [-0.2, -0.15) is 0 Å². The smallest absolute Gasteiger partial charge is 0.147 e. The van der Waals surface area contributed by atoms with Crippen LogP contribution in [-0.2, 0) is 13.1 Å². The average Bonchev–Trinajstić information content (AvgIpc) is 2.71. The van der Waals surface area contributed by atoms with Gasteiger partial charge >= 0.3 is 0 Å². The highest BCUT2D eigenvalue weighted by Gasteiger charge is 2.16. The predicted molar refractivity (Wildman–Crippen MR) is 62.8 cm³/mol. The zero-order valence-corrected chi connectivity index (χ0v) is 9.97. The first kappa shape index (κ1) is 11.5. The summed E-state index contributed by atoms with van der Waals surface area (Å²) in [5, 5.41) is 8.04. The number of rotatable bonds is 5. The molecule has 0 radical (unpaired) electrons. The van der Waals surface area contributed by atoms with Gasteiger partial charge in [0.25, 0.3) is 0 Å². The van der Waals surface area contributed by atoms with E-state index in [9.17, 15) is 0 Å². The summed E-state index contributed by atoms with van der Waals surface area (Å²) < 4.78 is 2.14. The van der Waals surface area contributed by atoms with E-state index >= 15 is 0 Å². The minimum Gasteiger partial charge on any atom is -0.328 e. The van der Waals surface area contributed by atoms with Gasteiger partial charge in [-0.3, -0.25) is 4.90 Å². The van der Waals surface area contributed by atoms with Gasteiger partial charge < -0.3 is 10.3 Å². The summed E-state index contributed by atoms with van der Waals surface area (Å²) >= 11 is 0. The second kappa shape index (κ2) is 5.41. The Labute approximate surface area is 96.6 Å². The molecule has 1 unspecified atom stereocenters. The molecule has 5 nitrogen and oxygen atoms in total. The van der Waals surface area contributed by atoms with Crippen LogP contribution in [0.15, 0.2) is 6.33 Å². The van der Waals surface area contributed by atoms with Crippen LogP contribution in [0.5, 0.6) is 0 Å². The lowest BCUT2D eigenvalue weighted by molar-refractivity contribution is 0.212. The number of nitrogens with zero attached hydrogens (tertiary/aromatic N) is 4. The van der Waals surface area contributed by atoms with E-state index in [4.69, 9.17) is 5.73 Å². The third kappa shape index (κ3) is 3.02. The molecule has 0 fully saturated rings. The molecular weight excluding hydrogens is 202 g/mol. The van der Waals surface area contributed by atoms with Crippen molar-refractivity contribution in [3.8, 4) is 0 Å². The topological polar surface area (TPSA) is 60.0 Å². The molecule has 1 aliphatic heterocycles. The SMILES string of the molecule is CC(N)CCCCN1CCn2cnnc2C1. The van der Waals surface area contributed by atoms with Crippen molar-refractivity contribution < 1.29 is 0 Å². The Kier molecular flexibility index (Phi) is 3.90. The summed E-state index contributed by atoms with van der Waals surface area (Å²) in [4.78, 5) is 2.45. The van der Waals surface area contributed by atoms with E-state index in [1.165, 1.54) is 12.8 Å². The minimum atomic E-state index is 0.337. The molecule has 0 amide bonds. The zero-order valence-electron chi connectivity index (χ0n) is 9.97. The van der Waals surface area contributed by atoms with Crippen molar-refractivity contribution in [3.63, 3.8) is 0 Å². The average molecular weight is 223 g/mol. The monoisotopic (exact) mass is 223 g/mol. The Balaban J connectivity index is 1.69. The fourth-order valence-electron chi connectivity index (χ4n) is 2.11. The number of hydrogen-bond donors (Lipinski definition) is 1. The number of nitrogens with two attached hydrogens (primary N) is 1. The molecule has 5 heteroatoms. The van der Waals surface area contributed by atoms with Crippen LogP contribution in [-0.4, -0.2) is 38.8 Å². The second-order valence-electron chi connectivity index (χ2n) is 4.69. The van der Waals surface area contributed by atoms with Gasteiger partial charge in [-0.25, -0.2) is 0 Å². The fourth-order valence-corrected chi connectivity index (χ4v) is 2.11. The highest BCUT2D eigenvalue weighted by Crippen LogP contribution is 2.10. The van der Waals surface area contributed by atoms with Crippen molar-refractivity contribution >= 4 is 0 Å². The van der Waals surface area contributed by atoms with Crippen molar-refractivity contribution in [2.75, 3.05) is 13.1 Å². The molecule has 0 aromatic carbocycles. The van der Waals surface area contributed by atoms with Crippen LogP contribution in [0.2, 0.25) is 0 Å². The molecular formula is C11H21N5. The standard InChI is InChI=1S/C11H21N5/c1-10(12)4-2-3-5-15-6-7-16-9-13-14-11(16)8-15/h9-10H,2-8,12H2,1H3. The van der Waals surface area contributed by atoms with Gasteiger partial charge in [0.2, 0.25) is 0 Å². The normalized spacial score (nSPS) is 18.4. The van der Waals surface area contributed by atoms with Crippen LogP contribution < -0.4 is 5.73 Å². The van der Waals surface area contributed by atoms with Crippen molar-refractivity contribution in [2.24, 2.45) is 5.73 Å². The molecule has 1 atom stereocenters. The lowest BCUT2D eigenvalue weighted by Crippen LogP contribution is -2.34. The molecule has 2 rings (SSSR count). The maximum absolute atomic E-state index is 5.73. The van der Waals surface area contributed by atoms with Gasteiger partial charge in [0.15, 0.2) is 0 Å². The van der Waals surface area contributed by atoms with Gasteiger partial charge in [0, 0.05) is 19.1 Å². The first-order valence-corrected chi connectivity index (χ1v) is 6.10. The van der Waals surface area contributed by atoms with E-state index in [0.29, 0.717) is 6.04 Å². The van der Waals surface area contributed by atoms with Crippen LogP contribution in [0.4, 0.5) is 0 Å². The second-order valence-corrected chi connectivity index (χ2v) is 4.69. The Hall–Kier alpha value is -0.940. The summed E-state index contributed by atoms with van der Waals surface area (Å²) in [7, 11) is 0. The molecule has 1 aromatic rings. The third-order valence-electron chi connectivity index (χ3n) is 3.10. The maximum Gasteiger partial charge on any atom is 0.147 e. The molecule has 2 N–H and O–H groups in total. The molecule has 1 aromatic heterocycles. The lowest BCUT2D eigenvalue weighted by atomic mass is 10.1. The number of fused-ring (bicyclic) bond motifs is 1. The molecule has 0 spiro atoms. The van der Waals surface area contributed by atoms with Crippen molar-refractivity contribution in [3.05, 3.63) is 12.2 Å². The van der Waals surface area contributed by atoms with Crippen LogP contribution in [0.3, 0.4) is 0 Å². The van der Waals surface area contributed by atoms with Gasteiger partial charge in [0.1, 0.15) is 12.2 Å². The first-order chi connectivity index (χ1) is 7.75. The van der Waals surface area contributed by atoms with E-state index < -0.39 is 0 Å². The molecule has 0 bridgehead atoms. The van der Waals surface area contributed by atoms with Crippen LogP contribution in [0, 0.1) is 0 Å². The van der Waals surface area contributed by atoms with Gasteiger partial charge in [-0.1, -0.05) is 6.42 Å². The number of hydrogen-bond acceptors (Lipinski definition) is 4. The Morgan fingerprint density at radius 3 is 3.12 bits per heavy atom. The molecule has 1 aliphatic rings. The molecule has 0 saturated heterocycles. The summed E-state index contributed by atoms with van der Waals surface area (Å²) in [6.07, 6.45) is 5.41. The molecule has 90 valence electrons. The third-order valence-corrected chi connectivity index (χ3v) is 3.10. The number of aromatic nitrogens is 3. The van der Waals surface area contributed by atoms with Gasteiger partial charge in [-0.05, 0) is 26.3 Å². The fraction of sp³-hybridized carbons (Fsp3) is 0.818. The van der Waals surface area contributed by atoms with Gasteiger partial charge in [-0.15, -0.1) is 10.2 Å². The van der Waals surface area contributed by atoms with Crippen LogP contribution in [0.25, 0.3) is 0 Å². The van der Waals surface area contributed by atoms with E-state index in [1.54, 1.807) is 0 Å². The molecule has 16 heavy (non-hydrogen) atoms. The predicted octanol–water partition coefficient (Wildman–Crippen LogP) is 0.611. The van der Waals surface area contributed by atoms with E-state index in [1.807, 2.05) is 6.33 Å². The van der Waals surface area contributed by atoms with Gasteiger partial charge in [0.05, 0.1) is 6.54 Å². The van der Waals surface area contributed by atoms with Crippen LogP contribution >= 0.6 is 0 Å². The van der Waals surface area contributed by atoms with E-state index in [-0.39, 0.29) is 0 Å². The highest BCUT2D eigenvalue weighted by molar-refractivity contribution is 4.89. The Bertz CT molecular complexity index is 320. The summed E-state index contributed by atoms with van der Waals surface area (Å²) in [6, 6.07) is 0.337. The van der Waals surface area contributed by atoms with E-state index in [0.717, 1.165) is 38.4 Å². The number of unbranched alkanes of at least 4 members (excludes halogenated alkanes) is 1. The maximum atomic E-state index is 5.73. The Morgan fingerprint density at radius 2 is 2.31 bits per heavy atom. The molecule has 2 heterocycles. The minimum absolute atomic E-state index is 0.337. The molecule has 0 aliphatic carbocycles.